The molecule has 1 amide bonds. The van der Waals surface area contributed by atoms with Gasteiger partial charge >= 0.3 is 6.18 Å². The Labute approximate surface area is 253 Å². The van der Waals surface area contributed by atoms with Crippen LogP contribution in [0.15, 0.2) is 66.9 Å². The van der Waals surface area contributed by atoms with Crippen LogP contribution in [0.5, 0.6) is 5.75 Å². The van der Waals surface area contributed by atoms with Crippen LogP contribution >= 0.6 is 0 Å². The lowest BCUT2D eigenvalue weighted by atomic mass is 9.94. The zero-order valence-electron chi connectivity index (χ0n) is 24.3. The Hall–Kier alpha value is -3.96. The zero-order chi connectivity index (χ0) is 30.7. The van der Waals surface area contributed by atoms with E-state index in [4.69, 9.17) is 4.74 Å². The number of aromatic nitrogens is 3. The third-order valence-corrected chi connectivity index (χ3v) is 8.76. The van der Waals surface area contributed by atoms with Crippen LogP contribution in [-0.4, -0.2) is 69.1 Å². The van der Waals surface area contributed by atoms with E-state index in [9.17, 15) is 23.1 Å². The predicted molar refractivity (Wildman–Crippen MR) is 160 cm³/mol. The first-order valence-electron chi connectivity index (χ1n) is 15.2. The number of β-amino-alcohol motifs (C(OH)–C–C–N with tert-alkyl or cyclic N) is 1. The van der Waals surface area contributed by atoms with Gasteiger partial charge in [0.2, 0.25) is 0 Å². The number of aliphatic hydroxyl groups excluding tert-OH is 1. The van der Waals surface area contributed by atoms with Crippen molar-refractivity contribution in [2.24, 2.45) is 5.92 Å². The highest BCUT2D eigenvalue weighted by Crippen LogP contribution is 2.36. The van der Waals surface area contributed by atoms with Crippen molar-refractivity contribution >= 4 is 16.8 Å². The van der Waals surface area contributed by atoms with E-state index in [1.165, 1.54) is 0 Å². The van der Waals surface area contributed by atoms with Gasteiger partial charge in [-0.1, -0.05) is 18.9 Å². The van der Waals surface area contributed by atoms with E-state index in [-0.39, 0.29) is 18.1 Å². The number of fused-ring (bicyclic) bond motifs is 1. The molecule has 4 aromatic rings. The van der Waals surface area contributed by atoms with Crippen LogP contribution in [0.4, 0.5) is 13.2 Å². The van der Waals surface area contributed by atoms with E-state index in [1.54, 1.807) is 17.2 Å². The number of aliphatic hydroxyl groups is 1. The van der Waals surface area contributed by atoms with Gasteiger partial charge in [0.15, 0.2) is 6.10 Å². The van der Waals surface area contributed by atoms with E-state index < -0.39 is 18.8 Å². The number of carbonyl (C=O) groups is 1. The molecule has 2 aromatic heterocycles. The summed E-state index contributed by atoms with van der Waals surface area (Å²) in [6.07, 6.45) is 0.299. The number of carbonyl (C=O) groups excluding carboxylic acids is 1. The number of likely N-dealkylation sites (tertiary alicyclic amines) is 1. The summed E-state index contributed by atoms with van der Waals surface area (Å²) >= 11 is 0. The van der Waals surface area contributed by atoms with Crippen LogP contribution in [0.1, 0.15) is 60.6 Å². The topological polar surface area (TPSA) is 103 Å². The number of benzene rings is 2. The molecule has 2 aromatic carbocycles. The Balaban J connectivity index is 1.11. The summed E-state index contributed by atoms with van der Waals surface area (Å²) in [7, 11) is 0. The summed E-state index contributed by atoms with van der Waals surface area (Å²) < 4.78 is 44.1. The summed E-state index contributed by atoms with van der Waals surface area (Å²) in [5.74, 6) is 0.872. The Kier molecular flexibility index (Phi) is 8.86. The van der Waals surface area contributed by atoms with Crippen molar-refractivity contribution in [2.45, 2.75) is 63.0 Å². The van der Waals surface area contributed by atoms with Crippen LogP contribution in [0, 0.1) is 5.92 Å². The van der Waals surface area contributed by atoms with E-state index in [0.717, 1.165) is 53.5 Å². The lowest BCUT2D eigenvalue weighted by molar-refractivity contribution is -0.208. The van der Waals surface area contributed by atoms with E-state index in [1.807, 2.05) is 54.6 Å². The number of amides is 1. The Bertz CT molecular complexity index is 1550. The van der Waals surface area contributed by atoms with Crippen molar-refractivity contribution in [3.05, 3.63) is 78.1 Å². The summed E-state index contributed by atoms with van der Waals surface area (Å²) in [5, 5.41) is 21.0. The van der Waals surface area contributed by atoms with Gasteiger partial charge in [0.05, 0.1) is 22.9 Å². The van der Waals surface area contributed by atoms with Crippen molar-refractivity contribution in [1.29, 1.82) is 0 Å². The molecule has 2 atom stereocenters. The van der Waals surface area contributed by atoms with E-state index >= 15 is 0 Å². The molecular formula is C33H36F3N5O3. The largest absolute Gasteiger partial charge is 0.490 e. The molecule has 2 fully saturated rings. The van der Waals surface area contributed by atoms with Crippen LogP contribution in [0.3, 0.4) is 0 Å². The van der Waals surface area contributed by atoms with Crippen molar-refractivity contribution in [3.8, 4) is 17.0 Å². The van der Waals surface area contributed by atoms with Crippen LogP contribution in [0.2, 0.25) is 0 Å². The maximum Gasteiger partial charge on any atom is 0.415 e. The number of hydrogen-bond donors (Lipinski definition) is 3. The fourth-order valence-electron chi connectivity index (χ4n) is 6.33. The highest BCUT2D eigenvalue weighted by atomic mass is 19.4. The Morgan fingerprint density at radius 3 is 2.48 bits per heavy atom. The fourth-order valence-corrected chi connectivity index (χ4v) is 6.33. The third-order valence-electron chi connectivity index (χ3n) is 8.76. The summed E-state index contributed by atoms with van der Waals surface area (Å²) in [6.45, 7) is 0.430. The SMILES string of the molecule is O=C(N[C@H](c1ccccn1)C1CCCC1)c1ccc2[nH]nc(-c3ccc(OC4CCN(CC(O)C(F)(F)F)CC4)cc3)c2c1. The molecule has 44 heavy (non-hydrogen) atoms. The maximum absolute atomic E-state index is 13.5. The molecule has 11 heteroatoms. The first-order valence-corrected chi connectivity index (χ1v) is 15.2. The Morgan fingerprint density at radius 2 is 1.80 bits per heavy atom. The molecule has 0 radical (unpaired) electrons. The second kappa shape index (κ2) is 13.0. The standard InChI is InChI=1S/C33H36F3N5O3/c34-33(35,36)29(42)20-41-17-14-25(15-18-41)44-24-11-8-22(9-12-24)30-26-19-23(10-13-27(26)39-40-30)32(43)38-31(21-5-1-2-6-21)28-7-3-4-16-37-28/h3-4,7-13,16,19,21,25,29,31,42H,1-2,5-6,14-15,17-18,20H2,(H,38,43)(H,39,40)/t29?,31-/m0/s1. The highest BCUT2D eigenvalue weighted by Gasteiger charge is 2.39. The van der Waals surface area contributed by atoms with Crippen LogP contribution in [-0.2, 0) is 0 Å². The number of pyridine rings is 1. The normalized spacial score (nSPS) is 18.4. The van der Waals surface area contributed by atoms with Gasteiger partial charge in [0.1, 0.15) is 11.9 Å². The minimum Gasteiger partial charge on any atom is -0.490 e. The third kappa shape index (κ3) is 6.89. The molecule has 0 spiro atoms. The van der Waals surface area contributed by atoms with Crippen molar-refractivity contribution in [3.63, 3.8) is 0 Å². The van der Waals surface area contributed by atoms with E-state index in [0.29, 0.717) is 43.2 Å². The van der Waals surface area contributed by atoms with Gasteiger partial charge in [0.25, 0.3) is 5.91 Å². The van der Waals surface area contributed by atoms with Gasteiger partial charge in [-0.2, -0.15) is 18.3 Å². The van der Waals surface area contributed by atoms with Gasteiger partial charge in [-0.3, -0.25) is 14.9 Å². The number of piperidine rings is 1. The van der Waals surface area contributed by atoms with Crippen molar-refractivity contribution in [2.75, 3.05) is 19.6 Å². The number of aromatic amines is 1. The van der Waals surface area contributed by atoms with Crippen LogP contribution < -0.4 is 10.1 Å². The number of rotatable bonds is 9. The van der Waals surface area contributed by atoms with E-state index in [2.05, 4.69) is 20.5 Å². The van der Waals surface area contributed by atoms with Crippen molar-refractivity contribution < 1.29 is 27.8 Å². The molecule has 2 aliphatic rings. The lowest BCUT2D eigenvalue weighted by Gasteiger charge is -2.33. The first kappa shape index (κ1) is 30.1. The van der Waals surface area contributed by atoms with Gasteiger partial charge in [-0.15, -0.1) is 0 Å². The molecule has 232 valence electrons. The number of nitrogens with zero attached hydrogens (tertiary/aromatic N) is 3. The fraction of sp³-hybridized carbons (Fsp3) is 0.424. The monoisotopic (exact) mass is 607 g/mol. The summed E-state index contributed by atoms with van der Waals surface area (Å²) in [5.41, 5.74) is 3.82. The molecule has 8 nitrogen and oxygen atoms in total. The molecule has 1 aliphatic heterocycles. The molecular weight excluding hydrogens is 571 g/mol. The smallest absolute Gasteiger partial charge is 0.415 e. The number of halogens is 3. The first-order chi connectivity index (χ1) is 21.2. The molecule has 1 saturated heterocycles. The maximum atomic E-state index is 13.5. The Morgan fingerprint density at radius 1 is 1.05 bits per heavy atom. The summed E-state index contributed by atoms with van der Waals surface area (Å²) in [4.78, 5) is 19.7. The predicted octanol–water partition coefficient (Wildman–Crippen LogP) is 6.05. The van der Waals surface area contributed by atoms with Crippen LogP contribution in [0.25, 0.3) is 22.2 Å². The number of alkyl halides is 3. The molecule has 1 aliphatic carbocycles. The zero-order valence-corrected chi connectivity index (χ0v) is 24.3. The summed E-state index contributed by atoms with van der Waals surface area (Å²) in [6, 6.07) is 18.7. The molecule has 6 rings (SSSR count). The van der Waals surface area contributed by atoms with Gasteiger partial charge in [-0.25, -0.2) is 0 Å². The number of ether oxygens (including phenoxy) is 1. The molecule has 1 unspecified atom stereocenters. The van der Waals surface area contributed by atoms with Crippen molar-refractivity contribution in [1.82, 2.24) is 25.4 Å². The molecule has 3 heterocycles. The molecule has 1 saturated carbocycles. The van der Waals surface area contributed by atoms with Gasteiger partial charge < -0.3 is 20.1 Å². The lowest BCUT2D eigenvalue weighted by Crippen LogP contribution is -2.45. The molecule has 0 bridgehead atoms. The average molecular weight is 608 g/mol. The number of nitrogens with one attached hydrogen (secondary N) is 2. The highest BCUT2D eigenvalue weighted by molar-refractivity contribution is 6.01. The number of H-pyrrole nitrogens is 1. The second-order valence-electron chi connectivity index (χ2n) is 11.8. The minimum absolute atomic E-state index is 0.119. The quantitative estimate of drug-likeness (QED) is 0.214. The second-order valence-corrected chi connectivity index (χ2v) is 11.8. The minimum atomic E-state index is -4.61. The molecule has 3 N–H and O–H groups in total. The van der Waals surface area contributed by atoms with Gasteiger partial charge in [0, 0.05) is 42.3 Å². The number of hydrogen-bond acceptors (Lipinski definition) is 6. The average Bonchev–Trinajstić information content (AvgIpc) is 3.71. The van der Waals surface area contributed by atoms with Gasteiger partial charge in [-0.05, 0) is 86.2 Å².